The summed E-state index contributed by atoms with van der Waals surface area (Å²) in [5, 5.41) is 9.69. The van der Waals surface area contributed by atoms with Crippen molar-refractivity contribution in [1.29, 1.82) is 0 Å². The van der Waals surface area contributed by atoms with Crippen molar-refractivity contribution in [3.63, 3.8) is 0 Å². The van der Waals surface area contributed by atoms with E-state index in [4.69, 9.17) is 4.74 Å². The maximum absolute atomic E-state index is 13.5. The molecule has 0 bridgehead atoms. The zero-order valence-electron chi connectivity index (χ0n) is 18.5. The minimum absolute atomic E-state index is 0.0362. The molecule has 1 aliphatic heterocycles. The Balaban J connectivity index is 2.10. The van der Waals surface area contributed by atoms with Crippen LogP contribution in [0.3, 0.4) is 0 Å². The summed E-state index contributed by atoms with van der Waals surface area (Å²) in [6, 6.07) is 4.48. The Bertz CT molecular complexity index is 1050. The first-order chi connectivity index (χ1) is 14.4. The predicted octanol–water partition coefficient (Wildman–Crippen LogP) is 1.91. The highest BCUT2D eigenvalue weighted by molar-refractivity contribution is 7.89. The summed E-state index contributed by atoms with van der Waals surface area (Å²) < 4.78 is 59.6. The molecule has 0 saturated carbocycles. The third-order valence-electron chi connectivity index (χ3n) is 6.08. The van der Waals surface area contributed by atoms with Gasteiger partial charge in [0, 0.05) is 25.6 Å². The van der Waals surface area contributed by atoms with E-state index >= 15 is 0 Å². The summed E-state index contributed by atoms with van der Waals surface area (Å²) in [4.78, 5) is 0.0362. The van der Waals surface area contributed by atoms with Crippen LogP contribution in [-0.4, -0.2) is 75.7 Å². The van der Waals surface area contributed by atoms with Gasteiger partial charge in [-0.2, -0.15) is 4.31 Å². The van der Waals surface area contributed by atoms with E-state index in [1.165, 1.54) is 15.7 Å². The van der Waals surface area contributed by atoms with E-state index in [0.29, 0.717) is 0 Å². The topological polar surface area (TPSA) is 104 Å². The van der Waals surface area contributed by atoms with Crippen LogP contribution in [0.2, 0.25) is 0 Å². The Labute approximate surface area is 185 Å². The third-order valence-corrected chi connectivity index (χ3v) is 9.38. The lowest BCUT2D eigenvalue weighted by atomic mass is 10.0. The van der Waals surface area contributed by atoms with E-state index in [0.717, 1.165) is 36.7 Å². The second-order valence-electron chi connectivity index (χ2n) is 8.57. The van der Waals surface area contributed by atoms with Crippen molar-refractivity contribution >= 4 is 25.6 Å². The first-order valence-electron chi connectivity index (χ1n) is 10.5. The number of likely N-dealkylation sites (N-methyl/N-ethyl adjacent to an activating group) is 1. The van der Waals surface area contributed by atoms with Gasteiger partial charge in [-0.15, -0.1) is 0 Å². The molecule has 0 radical (unpaired) electrons. The fourth-order valence-electron chi connectivity index (χ4n) is 3.97. The number of benzene rings is 1. The molecule has 0 unspecified atom stereocenters. The van der Waals surface area contributed by atoms with E-state index < -0.39 is 32.2 Å². The number of aliphatic hydroxyl groups is 1. The Kier molecular flexibility index (Phi) is 7.17. The fraction of sp³-hybridized carbons (Fsp3) is 0.619. The zero-order chi connectivity index (χ0) is 23.0. The number of ether oxygens (including phenoxy) is 1. The van der Waals surface area contributed by atoms with Gasteiger partial charge in [0.05, 0.1) is 19.4 Å². The molecule has 0 saturated heterocycles. The molecule has 0 amide bonds. The number of sulfonamides is 2. The molecule has 0 aromatic heterocycles. The summed E-state index contributed by atoms with van der Waals surface area (Å²) in [5.41, 5.74) is 2.07. The largest absolute Gasteiger partial charge is 0.487 e. The molecule has 1 N–H and O–H groups in total. The number of hydrogen-bond acceptors (Lipinski definition) is 6. The Morgan fingerprint density at radius 2 is 2.06 bits per heavy atom. The van der Waals surface area contributed by atoms with Gasteiger partial charge < -0.3 is 9.84 Å². The van der Waals surface area contributed by atoms with E-state index in [9.17, 15) is 21.9 Å². The number of hydrogen-bond donors (Lipinski definition) is 1. The van der Waals surface area contributed by atoms with Crippen molar-refractivity contribution in [2.75, 3.05) is 33.0 Å². The van der Waals surface area contributed by atoms with Gasteiger partial charge in [-0.25, -0.2) is 21.1 Å². The molecule has 174 valence electrons. The van der Waals surface area contributed by atoms with Crippen LogP contribution in [0.1, 0.15) is 38.7 Å². The van der Waals surface area contributed by atoms with Crippen molar-refractivity contribution in [3.8, 4) is 5.75 Å². The van der Waals surface area contributed by atoms with E-state index in [1.807, 2.05) is 6.92 Å². The first kappa shape index (κ1) is 24.2. The number of fused-ring (bicyclic) bond motifs is 1. The Hall–Kier alpha value is -1.46. The maximum atomic E-state index is 13.5. The van der Waals surface area contributed by atoms with Crippen molar-refractivity contribution in [1.82, 2.24) is 8.61 Å². The smallest absolute Gasteiger partial charge is 0.247 e. The standard InChI is InChI=1S/C21H32N2O6S2/c1-15-12-23(16(2)14-24)31(27,28)21-10-9-18(17-7-5-6-8-17)11-19(21)29-20(15)13-22(3)30(4,25)26/h7,9-11,15-16,20,24H,5-6,8,12-14H2,1-4H3/t15-,16-,20+/m0/s1. The minimum Gasteiger partial charge on any atom is -0.487 e. The first-order valence-corrected chi connectivity index (χ1v) is 13.8. The highest BCUT2D eigenvalue weighted by atomic mass is 32.2. The van der Waals surface area contributed by atoms with Crippen LogP contribution in [0.25, 0.3) is 5.57 Å². The van der Waals surface area contributed by atoms with Crippen LogP contribution < -0.4 is 4.74 Å². The molecular weight excluding hydrogens is 440 g/mol. The van der Waals surface area contributed by atoms with Gasteiger partial charge in [-0.05, 0) is 49.5 Å². The zero-order valence-corrected chi connectivity index (χ0v) is 20.1. The monoisotopic (exact) mass is 472 g/mol. The van der Waals surface area contributed by atoms with E-state index in [1.54, 1.807) is 25.1 Å². The van der Waals surface area contributed by atoms with Gasteiger partial charge in [0.15, 0.2) is 0 Å². The number of allylic oxidation sites excluding steroid dienone is 2. The number of aliphatic hydroxyl groups excluding tert-OH is 1. The molecule has 1 aromatic rings. The molecule has 1 heterocycles. The van der Waals surface area contributed by atoms with Crippen molar-refractivity contribution in [2.45, 2.75) is 50.2 Å². The molecule has 10 heteroatoms. The van der Waals surface area contributed by atoms with E-state index in [-0.39, 0.29) is 36.3 Å². The molecule has 1 aromatic carbocycles. The van der Waals surface area contributed by atoms with Crippen LogP contribution in [0.15, 0.2) is 29.2 Å². The van der Waals surface area contributed by atoms with Crippen LogP contribution in [0.5, 0.6) is 5.75 Å². The molecule has 3 atom stereocenters. The van der Waals surface area contributed by atoms with Gasteiger partial charge in [-0.3, -0.25) is 0 Å². The SMILES string of the molecule is C[C@H]1CN([C@@H](C)CO)S(=O)(=O)c2ccc(C3=CCCC3)cc2O[C@@H]1CN(C)S(C)(=O)=O. The van der Waals surface area contributed by atoms with Gasteiger partial charge in [0.1, 0.15) is 16.7 Å². The van der Waals surface area contributed by atoms with Crippen molar-refractivity contribution < 1.29 is 26.7 Å². The highest BCUT2D eigenvalue weighted by Gasteiger charge is 2.38. The average Bonchev–Trinajstić information content (AvgIpc) is 3.23. The van der Waals surface area contributed by atoms with Gasteiger partial charge >= 0.3 is 0 Å². The Morgan fingerprint density at radius 1 is 1.35 bits per heavy atom. The molecule has 3 rings (SSSR count). The van der Waals surface area contributed by atoms with Crippen LogP contribution >= 0.6 is 0 Å². The summed E-state index contributed by atoms with van der Waals surface area (Å²) in [6.07, 6.45) is 5.70. The highest BCUT2D eigenvalue weighted by Crippen LogP contribution is 2.37. The molecule has 0 fully saturated rings. The lowest BCUT2D eigenvalue weighted by Crippen LogP contribution is -2.50. The predicted molar refractivity (Wildman–Crippen MR) is 120 cm³/mol. The summed E-state index contributed by atoms with van der Waals surface area (Å²) in [5.74, 6) is -0.0885. The van der Waals surface area contributed by atoms with Crippen LogP contribution in [0.4, 0.5) is 0 Å². The third kappa shape index (κ3) is 5.14. The molecule has 2 aliphatic rings. The van der Waals surface area contributed by atoms with Crippen molar-refractivity contribution in [2.24, 2.45) is 5.92 Å². The summed E-state index contributed by atoms with van der Waals surface area (Å²) in [7, 11) is -5.86. The molecule has 8 nitrogen and oxygen atoms in total. The van der Waals surface area contributed by atoms with Gasteiger partial charge in [0.2, 0.25) is 20.0 Å². The lowest BCUT2D eigenvalue weighted by Gasteiger charge is -2.37. The second kappa shape index (κ2) is 9.19. The maximum Gasteiger partial charge on any atom is 0.247 e. The lowest BCUT2D eigenvalue weighted by molar-refractivity contribution is 0.0905. The minimum atomic E-state index is -3.91. The summed E-state index contributed by atoms with van der Waals surface area (Å²) >= 11 is 0. The summed E-state index contributed by atoms with van der Waals surface area (Å²) in [6.45, 7) is 3.37. The second-order valence-corrected chi connectivity index (χ2v) is 12.5. The number of nitrogens with zero attached hydrogens (tertiary/aromatic N) is 2. The van der Waals surface area contributed by atoms with Crippen LogP contribution in [-0.2, 0) is 20.0 Å². The quantitative estimate of drug-likeness (QED) is 0.678. The van der Waals surface area contributed by atoms with Crippen molar-refractivity contribution in [3.05, 3.63) is 29.8 Å². The molecule has 1 aliphatic carbocycles. The van der Waals surface area contributed by atoms with Gasteiger partial charge in [-0.1, -0.05) is 19.1 Å². The van der Waals surface area contributed by atoms with Gasteiger partial charge in [0.25, 0.3) is 0 Å². The fourth-order valence-corrected chi connectivity index (χ4v) is 6.21. The normalized spacial score (nSPS) is 25.3. The number of rotatable bonds is 6. The molecule has 0 spiro atoms. The van der Waals surface area contributed by atoms with Crippen LogP contribution in [0, 0.1) is 5.92 Å². The Morgan fingerprint density at radius 3 is 2.65 bits per heavy atom. The molecular formula is C21H32N2O6S2. The van der Waals surface area contributed by atoms with E-state index in [2.05, 4.69) is 6.08 Å². The average molecular weight is 473 g/mol. The molecule has 31 heavy (non-hydrogen) atoms.